The molecule has 0 aliphatic carbocycles. The third-order valence-electron chi connectivity index (χ3n) is 8.07. The van der Waals surface area contributed by atoms with E-state index >= 15 is 0 Å². The van der Waals surface area contributed by atoms with Gasteiger partial charge in [-0.3, -0.25) is 9.97 Å². The Labute approximate surface area is 245 Å². The van der Waals surface area contributed by atoms with Crippen molar-refractivity contribution in [1.29, 1.82) is 0 Å². The monoisotopic (exact) mass is 554 g/mol. The summed E-state index contributed by atoms with van der Waals surface area (Å²) < 4.78 is 5.03. The van der Waals surface area contributed by atoms with Gasteiger partial charge in [-0.05, 0) is 58.6 Å². The van der Waals surface area contributed by atoms with Gasteiger partial charge in [-0.25, -0.2) is 4.98 Å². The first-order valence-corrected chi connectivity index (χ1v) is 14.8. The van der Waals surface area contributed by atoms with Crippen LogP contribution in [-0.4, -0.2) is 19.5 Å². The van der Waals surface area contributed by atoms with Gasteiger partial charge >= 0.3 is 0 Å². The van der Waals surface area contributed by atoms with E-state index in [1.807, 2.05) is 60.1 Å². The summed E-state index contributed by atoms with van der Waals surface area (Å²) in [6, 6.07) is 42.6. The van der Waals surface area contributed by atoms with E-state index < -0.39 is 0 Å². The minimum absolute atomic E-state index is 0.813. The van der Waals surface area contributed by atoms with Gasteiger partial charge in [0.1, 0.15) is 0 Å². The summed E-state index contributed by atoms with van der Waals surface area (Å²) in [6.07, 6.45) is 3.64. The van der Waals surface area contributed by atoms with Crippen molar-refractivity contribution in [2.45, 2.75) is 0 Å². The van der Waals surface area contributed by atoms with Crippen molar-refractivity contribution in [2.24, 2.45) is 0 Å². The van der Waals surface area contributed by atoms with Crippen LogP contribution in [-0.2, 0) is 0 Å². The highest BCUT2D eigenvalue weighted by atomic mass is 32.1. The number of rotatable bonds is 3. The van der Waals surface area contributed by atoms with E-state index in [0.717, 1.165) is 28.5 Å². The predicted molar refractivity (Wildman–Crippen MR) is 175 cm³/mol. The first-order valence-electron chi connectivity index (χ1n) is 14.0. The van der Waals surface area contributed by atoms with Crippen LogP contribution in [0.25, 0.3) is 81.2 Å². The standard InChI is InChI=1S/C37H22N4S/c1-3-13-26-24(11-1)25-12-2-4-14-27(25)35-34(26)37-36(28-15-5-6-18-33(28)42-37)41(35)23-21-31(29-16-7-9-19-38-29)40-32(22-23)30-17-8-10-20-39-30/h1-22H. The third kappa shape index (κ3) is 3.38. The molecule has 0 radical (unpaired) electrons. The molecule has 196 valence electrons. The summed E-state index contributed by atoms with van der Waals surface area (Å²) in [7, 11) is 0. The highest BCUT2D eigenvalue weighted by molar-refractivity contribution is 7.26. The lowest BCUT2D eigenvalue weighted by Crippen LogP contribution is -2.00. The van der Waals surface area contributed by atoms with Crippen molar-refractivity contribution in [3.8, 4) is 28.5 Å². The van der Waals surface area contributed by atoms with E-state index in [9.17, 15) is 0 Å². The maximum atomic E-state index is 5.07. The lowest BCUT2D eigenvalue weighted by Gasteiger charge is -2.15. The number of hydrogen-bond donors (Lipinski definition) is 0. The van der Waals surface area contributed by atoms with Crippen LogP contribution in [0.5, 0.6) is 0 Å². The number of fused-ring (bicyclic) bond motifs is 10. The molecule has 0 aliphatic heterocycles. The zero-order chi connectivity index (χ0) is 27.6. The van der Waals surface area contributed by atoms with Crippen LogP contribution in [0.15, 0.2) is 134 Å². The normalized spacial score (nSPS) is 11.8. The molecule has 5 heterocycles. The second-order valence-electron chi connectivity index (χ2n) is 10.5. The molecule has 0 N–H and O–H groups in total. The van der Waals surface area contributed by atoms with Gasteiger partial charge in [0.15, 0.2) is 0 Å². The molecule has 0 amide bonds. The summed E-state index contributed by atoms with van der Waals surface area (Å²) in [5, 5.41) is 7.56. The fraction of sp³-hybridized carbons (Fsp3) is 0. The van der Waals surface area contributed by atoms with Gasteiger partial charge < -0.3 is 4.57 Å². The molecular weight excluding hydrogens is 533 g/mol. The van der Waals surface area contributed by atoms with E-state index in [2.05, 4.69) is 99.5 Å². The van der Waals surface area contributed by atoms with Crippen molar-refractivity contribution < 1.29 is 0 Å². The molecule has 5 aromatic heterocycles. The van der Waals surface area contributed by atoms with Crippen molar-refractivity contribution >= 4 is 64.1 Å². The van der Waals surface area contributed by atoms with Crippen molar-refractivity contribution in [3.05, 3.63) is 134 Å². The topological polar surface area (TPSA) is 43.6 Å². The van der Waals surface area contributed by atoms with Gasteiger partial charge in [-0.2, -0.15) is 0 Å². The first kappa shape index (κ1) is 23.3. The Balaban J connectivity index is 1.52. The molecule has 0 saturated carbocycles. The van der Waals surface area contributed by atoms with E-state index in [1.54, 1.807) is 0 Å². The van der Waals surface area contributed by atoms with Crippen LogP contribution in [0.2, 0.25) is 0 Å². The van der Waals surface area contributed by atoms with E-state index in [4.69, 9.17) is 4.98 Å². The Morgan fingerprint density at radius 3 is 1.67 bits per heavy atom. The van der Waals surface area contributed by atoms with Crippen LogP contribution in [0, 0.1) is 0 Å². The van der Waals surface area contributed by atoms with Crippen LogP contribution < -0.4 is 0 Å². The Bertz CT molecular complexity index is 2400. The Morgan fingerprint density at radius 2 is 1.02 bits per heavy atom. The number of pyridine rings is 3. The van der Waals surface area contributed by atoms with Gasteiger partial charge in [-0.1, -0.05) is 78.9 Å². The molecule has 0 saturated heterocycles. The second-order valence-corrected chi connectivity index (χ2v) is 11.5. The Kier molecular flexibility index (Phi) is 5.03. The number of aromatic nitrogens is 4. The fourth-order valence-electron chi connectivity index (χ4n) is 6.31. The predicted octanol–water partition coefficient (Wildman–Crippen LogP) is 9.82. The van der Waals surface area contributed by atoms with Gasteiger partial charge in [0, 0.05) is 33.3 Å². The highest BCUT2D eigenvalue weighted by Crippen LogP contribution is 2.48. The maximum absolute atomic E-state index is 5.07. The number of hydrogen-bond acceptors (Lipinski definition) is 4. The van der Waals surface area contributed by atoms with Gasteiger partial charge in [0.2, 0.25) is 0 Å². The highest BCUT2D eigenvalue weighted by Gasteiger charge is 2.23. The molecule has 4 nitrogen and oxygen atoms in total. The van der Waals surface area contributed by atoms with Gasteiger partial charge in [0.25, 0.3) is 0 Å². The Morgan fingerprint density at radius 1 is 0.476 bits per heavy atom. The molecule has 4 aromatic carbocycles. The van der Waals surface area contributed by atoms with Crippen LogP contribution >= 0.6 is 11.3 Å². The average molecular weight is 555 g/mol. The van der Waals surface area contributed by atoms with Crippen molar-refractivity contribution in [3.63, 3.8) is 0 Å². The molecule has 9 rings (SSSR count). The lowest BCUT2D eigenvalue weighted by atomic mass is 9.98. The van der Waals surface area contributed by atoms with Crippen molar-refractivity contribution in [1.82, 2.24) is 19.5 Å². The zero-order valence-corrected chi connectivity index (χ0v) is 23.2. The van der Waals surface area contributed by atoms with E-state index in [1.165, 1.54) is 52.8 Å². The molecule has 0 spiro atoms. The zero-order valence-electron chi connectivity index (χ0n) is 22.4. The molecule has 0 fully saturated rings. The maximum Gasteiger partial charge on any atom is 0.0915 e. The third-order valence-corrected chi connectivity index (χ3v) is 9.25. The molecule has 0 atom stereocenters. The average Bonchev–Trinajstić information content (AvgIpc) is 3.61. The van der Waals surface area contributed by atoms with Crippen LogP contribution in [0.1, 0.15) is 0 Å². The second kappa shape index (κ2) is 9.06. The first-order chi connectivity index (χ1) is 20.8. The van der Waals surface area contributed by atoms with Crippen molar-refractivity contribution in [2.75, 3.05) is 0 Å². The largest absolute Gasteiger partial charge is 0.307 e. The van der Waals surface area contributed by atoms with E-state index in [-0.39, 0.29) is 0 Å². The van der Waals surface area contributed by atoms with Crippen LogP contribution in [0.4, 0.5) is 0 Å². The minimum atomic E-state index is 0.813. The van der Waals surface area contributed by atoms with Crippen LogP contribution in [0.3, 0.4) is 0 Å². The molecule has 0 bridgehead atoms. The molecule has 42 heavy (non-hydrogen) atoms. The number of nitrogens with zero attached hydrogens (tertiary/aromatic N) is 4. The smallest absolute Gasteiger partial charge is 0.0915 e. The van der Waals surface area contributed by atoms with E-state index in [0.29, 0.717) is 0 Å². The summed E-state index contributed by atoms with van der Waals surface area (Å²) >= 11 is 1.87. The quantitative estimate of drug-likeness (QED) is 0.204. The number of thiophene rings is 1. The summed E-state index contributed by atoms with van der Waals surface area (Å²) in [4.78, 5) is 14.4. The lowest BCUT2D eigenvalue weighted by molar-refractivity contribution is 1.15. The summed E-state index contributed by atoms with van der Waals surface area (Å²) in [5.41, 5.74) is 6.75. The Hall–Kier alpha value is -5.39. The van der Waals surface area contributed by atoms with Gasteiger partial charge in [0.05, 0.1) is 44.2 Å². The summed E-state index contributed by atoms with van der Waals surface area (Å²) in [5.74, 6) is 0. The fourth-order valence-corrected chi connectivity index (χ4v) is 7.56. The molecular formula is C37H22N4S. The molecule has 0 unspecified atom stereocenters. The SMILES string of the molecule is c1ccc(-c2cc(-n3c4c5ccccc5sc4c4c5ccccc5c5ccccc5c43)cc(-c3ccccn3)n2)nc1. The molecule has 0 aliphatic rings. The van der Waals surface area contributed by atoms with Gasteiger partial charge in [-0.15, -0.1) is 11.3 Å². The number of benzene rings is 4. The minimum Gasteiger partial charge on any atom is -0.307 e. The summed E-state index contributed by atoms with van der Waals surface area (Å²) in [6.45, 7) is 0. The molecule has 9 aromatic rings. The molecule has 5 heteroatoms.